The fraction of sp³-hybridized carbons (Fsp3) is 0.286. The number of primary amides is 1. The van der Waals surface area contributed by atoms with Gasteiger partial charge in [0.2, 0.25) is 5.91 Å². The lowest BCUT2D eigenvalue weighted by molar-refractivity contribution is -0.142. The molecule has 2 rings (SSSR count). The number of carbonyl (C=O) groups excluding carboxylic acids is 3. The zero-order valence-electron chi connectivity index (χ0n) is 16.6. The Balaban J connectivity index is 2.01. The van der Waals surface area contributed by atoms with Crippen molar-refractivity contribution in [1.29, 1.82) is 0 Å². The number of nitrogens with two attached hydrogens (primary N) is 1. The van der Waals surface area contributed by atoms with E-state index >= 15 is 0 Å². The third kappa shape index (κ3) is 6.47. The number of hydrogen-bond acceptors (Lipinski definition) is 6. The lowest BCUT2D eigenvalue weighted by Crippen LogP contribution is -2.37. The van der Waals surface area contributed by atoms with Crippen LogP contribution in [0.4, 0.5) is 4.39 Å². The number of ether oxygens (including phenoxy) is 3. The summed E-state index contributed by atoms with van der Waals surface area (Å²) in [5.41, 5.74) is 6.43. The van der Waals surface area contributed by atoms with E-state index in [2.05, 4.69) is 10.1 Å². The molecule has 0 aliphatic heterocycles. The minimum atomic E-state index is -0.663. The Kier molecular flexibility index (Phi) is 8.16. The predicted octanol–water partition coefficient (Wildman–Crippen LogP) is 1.46. The van der Waals surface area contributed by atoms with Crippen LogP contribution < -0.4 is 20.5 Å². The first-order valence-electron chi connectivity index (χ1n) is 9.03. The van der Waals surface area contributed by atoms with Crippen LogP contribution in [0, 0.1) is 11.7 Å². The van der Waals surface area contributed by atoms with Crippen molar-refractivity contribution < 1.29 is 33.0 Å². The van der Waals surface area contributed by atoms with Crippen molar-refractivity contribution in [3.8, 4) is 11.5 Å². The van der Waals surface area contributed by atoms with Gasteiger partial charge in [0.15, 0.2) is 18.1 Å². The van der Waals surface area contributed by atoms with Gasteiger partial charge in [0.25, 0.3) is 5.91 Å². The number of methoxy groups -OCH3 is 2. The first-order chi connectivity index (χ1) is 14.3. The smallest absolute Gasteiger partial charge is 0.343 e. The van der Waals surface area contributed by atoms with Crippen molar-refractivity contribution in [3.05, 3.63) is 59.4 Å². The molecule has 2 aromatic rings. The van der Waals surface area contributed by atoms with Crippen LogP contribution in [-0.4, -0.2) is 45.2 Å². The van der Waals surface area contributed by atoms with E-state index in [4.69, 9.17) is 15.2 Å². The molecule has 2 amide bonds. The van der Waals surface area contributed by atoms with Crippen molar-refractivity contribution in [2.45, 2.75) is 6.42 Å². The number of benzene rings is 2. The molecule has 8 nitrogen and oxygen atoms in total. The second kappa shape index (κ2) is 10.8. The average Bonchev–Trinajstić information content (AvgIpc) is 2.75. The Morgan fingerprint density at radius 3 is 2.37 bits per heavy atom. The molecular formula is C21H23FN2O6. The molecule has 30 heavy (non-hydrogen) atoms. The van der Waals surface area contributed by atoms with Gasteiger partial charge in [-0.1, -0.05) is 12.1 Å². The maximum absolute atomic E-state index is 13.0. The van der Waals surface area contributed by atoms with Crippen LogP contribution >= 0.6 is 0 Å². The number of hydrogen-bond donors (Lipinski definition) is 2. The van der Waals surface area contributed by atoms with Crippen molar-refractivity contribution in [1.82, 2.24) is 5.32 Å². The van der Waals surface area contributed by atoms with Crippen molar-refractivity contribution in [3.63, 3.8) is 0 Å². The summed E-state index contributed by atoms with van der Waals surface area (Å²) >= 11 is 0. The first kappa shape index (κ1) is 22.7. The normalized spacial score (nSPS) is 11.3. The zero-order valence-corrected chi connectivity index (χ0v) is 16.6. The Bertz CT molecular complexity index is 901. The van der Waals surface area contributed by atoms with Crippen LogP contribution in [0.25, 0.3) is 0 Å². The molecule has 0 radical (unpaired) electrons. The molecular weight excluding hydrogens is 395 g/mol. The van der Waals surface area contributed by atoms with Gasteiger partial charge in [0.1, 0.15) is 5.82 Å². The van der Waals surface area contributed by atoms with Gasteiger partial charge in [0.05, 0.1) is 20.1 Å². The number of nitrogens with one attached hydrogen (secondary N) is 1. The largest absolute Gasteiger partial charge is 0.493 e. The number of esters is 1. The summed E-state index contributed by atoms with van der Waals surface area (Å²) in [6.45, 7) is -0.295. The Labute approximate surface area is 173 Å². The standard InChI is InChI=1S/C21H23FN2O6/c1-28-18-10-14(5-8-17(18)30-12-19(25)29-2)21(27)24-11-15(20(23)26)9-13-3-6-16(22)7-4-13/h3-8,10,15H,9,11-12H2,1-2H3,(H2,23,26)(H,24,27). The highest BCUT2D eigenvalue weighted by atomic mass is 19.1. The molecule has 0 aliphatic rings. The second-order valence-electron chi connectivity index (χ2n) is 6.37. The van der Waals surface area contributed by atoms with E-state index in [0.29, 0.717) is 0 Å². The van der Waals surface area contributed by atoms with Crippen molar-refractivity contribution >= 4 is 17.8 Å². The number of carbonyl (C=O) groups is 3. The van der Waals surface area contributed by atoms with Crippen LogP contribution in [0.5, 0.6) is 11.5 Å². The molecule has 160 valence electrons. The molecule has 0 saturated heterocycles. The predicted molar refractivity (Wildman–Crippen MR) is 106 cm³/mol. The maximum atomic E-state index is 13.0. The van der Waals surface area contributed by atoms with Gasteiger partial charge in [-0.25, -0.2) is 9.18 Å². The van der Waals surface area contributed by atoms with Gasteiger partial charge in [0, 0.05) is 12.1 Å². The Morgan fingerprint density at radius 2 is 1.77 bits per heavy atom. The molecule has 0 aliphatic carbocycles. The van der Waals surface area contributed by atoms with Crippen LogP contribution in [0.3, 0.4) is 0 Å². The summed E-state index contributed by atoms with van der Waals surface area (Å²) in [6, 6.07) is 10.1. The summed E-state index contributed by atoms with van der Waals surface area (Å²) in [6.07, 6.45) is 0.263. The van der Waals surface area contributed by atoms with E-state index in [1.807, 2.05) is 0 Å². The van der Waals surface area contributed by atoms with E-state index in [1.54, 1.807) is 12.1 Å². The van der Waals surface area contributed by atoms with Gasteiger partial charge in [-0.3, -0.25) is 9.59 Å². The summed E-state index contributed by atoms with van der Waals surface area (Å²) in [4.78, 5) is 35.4. The van der Waals surface area contributed by atoms with Crippen LogP contribution in [0.15, 0.2) is 42.5 Å². The minimum Gasteiger partial charge on any atom is -0.493 e. The van der Waals surface area contributed by atoms with Crippen LogP contribution in [0.1, 0.15) is 15.9 Å². The van der Waals surface area contributed by atoms with Gasteiger partial charge in [-0.15, -0.1) is 0 Å². The molecule has 0 spiro atoms. The zero-order chi connectivity index (χ0) is 22.1. The number of rotatable bonds is 10. The molecule has 0 bridgehead atoms. The molecule has 1 atom stereocenters. The molecule has 0 heterocycles. The molecule has 3 N–H and O–H groups in total. The van der Waals surface area contributed by atoms with E-state index in [1.165, 1.54) is 44.6 Å². The van der Waals surface area contributed by atoms with Crippen LogP contribution in [-0.2, 0) is 20.7 Å². The maximum Gasteiger partial charge on any atom is 0.343 e. The quantitative estimate of drug-likeness (QED) is 0.564. The lowest BCUT2D eigenvalue weighted by Gasteiger charge is -2.15. The summed E-state index contributed by atoms with van der Waals surface area (Å²) in [5, 5.41) is 2.66. The highest BCUT2D eigenvalue weighted by Gasteiger charge is 2.19. The fourth-order valence-electron chi connectivity index (χ4n) is 2.62. The summed E-state index contributed by atoms with van der Waals surface area (Å²) in [5.74, 6) is -2.10. The molecule has 0 saturated carbocycles. The minimum absolute atomic E-state index is 0.00838. The highest BCUT2D eigenvalue weighted by molar-refractivity contribution is 5.95. The molecule has 1 unspecified atom stereocenters. The van der Waals surface area contributed by atoms with Crippen LogP contribution in [0.2, 0.25) is 0 Å². The SMILES string of the molecule is COC(=O)COc1ccc(C(=O)NCC(Cc2ccc(F)cc2)C(N)=O)cc1OC. The van der Waals surface area contributed by atoms with E-state index in [-0.39, 0.29) is 42.5 Å². The van der Waals surface area contributed by atoms with Crippen molar-refractivity contribution in [2.24, 2.45) is 11.7 Å². The first-order valence-corrected chi connectivity index (χ1v) is 9.03. The summed E-state index contributed by atoms with van der Waals surface area (Å²) in [7, 11) is 2.64. The van der Waals surface area contributed by atoms with Crippen molar-refractivity contribution in [2.75, 3.05) is 27.4 Å². The molecule has 0 fully saturated rings. The summed E-state index contributed by atoms with van der Waals surface area (Å²) < 4.78 is 28.0. The Morgan fingerprint density at radius 1 is 1.07 bits per heavy atom. The monoisotopic (exact) mass is 418 g/mol. The van der Waals surface area contributed by atoms with Gasteiger partial charge in [-0.2, -0.15) is 0 Å². The Hall–Kier alpha value is -3.62. The molecule has 9 heteroatoms. The average molecular weight is 418 g/mol. The van der Waals surface area contributed by atoms with E-state index < -0.39 is 23.7 Å². The second-order valence-corrected chi connectivity index (χ2v) is 6.37. The number of halogens is 1. The van der Waals surface area contributed by atoms with Gasteiger partial charge in [-0.05, 0) is 42.3 Å². The fourth-order valence-corrected chi connectivity index (χ4v) is 2.62. The number of amides is 2. The third-order valence-electron chi connectivity index (χ3n) is 4.31. The molecule has 2 aromatic carbocycles. The van der Waals surface area contributed by atoms with Gasteiger partial charge >= 0.3 is 5.97 Å². The van der Waals surface area contributed by atoms with E-state index in [0.717, 1.165) is 5.56 Å². The third-order valence-corrected chi connectivity index (χ3v) is 4.31. The highest BCUT2D eigenvalue weighted by Crippen LogP contribution is 2.28. The van der Waals surface area contributed by atoms with Gasteiger partial charge < -0.3 is 25.3 Å². The topological polar surface area (TPSA) is 117 Å². The van der Waals surface area contributed by atoms with E-state index in [9.17, 15) is 18.8 Å². The molecule has 0 aromatic heterocycles. The lowest BCUT2D eigenvalue weighted by atomic mass is 9.98.